The highest BCUT2D eigenvalue weighted by Gasteiger charge is 2.35. The van der Waals surface area contributed by atoms with Gasteiger partial charge in [-0.25, -0.2) is 12.7 Å². The molecule has 1 aromatic rings. The van der Waals surface area contributed by atoms with Gasteiger partial charge in [0.2, 0.25) is 20.2 Å². The fourth-order valence-corrected chi connectivity index (χ4v) is 2.24. The molecule has 11 heteroatoms. The second-order valence-electron chi connectivity index (χ2n) is 3.44. The van der Waals surface area contributed by atoms with Crippen molar-refractivity contribution >= 4 is 26.5 Å². The Labute approximate surface area is 106 Å². The molecule has 0 aliphatic rings. The highest BCUT2D eigenvalue weighted by molar-refractivity contribution is 7.89. The normalized spacial score (nSPS) is 13.0. The number of aromatic nitrogens is 2. The Balaban J connectivity index is 2.53. The maximum Gasteiger partial charge on any atom is 0.445 e. The van der Waals surface area contributed by atoms with E-state index in [4.69, 9.17) is 0 Å². The first kappa shape index (κ1) is 15.1. The lowest BCUT2D eigenvalue weighted by Gasteiger charge is -2.10. The van der Waals surface area contributed by atoms with Crippen LogP contribution in [0.3, 0.4) is 0 Å². The monoisotopic (exact) mass is 304 g/mol. The van der Waals surface area contributed by atoms with Crippen LogP contribution < -0.4 is 5.32 Å². The first-order valence-corrected chi connectivity index (χ1v) is 7.10. The number of hydrogen-bond donors (Lipinski definition) is 1. The summed E-state index contributed by atoms with van der Waals surface area (Å²) in [6.07, 6.45) is -4.53. The molecular formula is C7H11F3N4O2S2. The van der Waals surface area contributed by atoms with Gasteiger partial charge in [0.05, 0.1) is 5.75 Å². The molecule has 0 atom stereocenters. The maximum absolute atomic E-state index is 12.2. The van der Waals surface area contributed by atoms with Gasteiger partial charge in [0.15, 0.2) is 0 Å². The van der Waals surface area contributed by atoms with Gasteiger partial charge in [-0.1, -0.05) is 11.3 Å². The molecule has 1 heterocycles. The molecule has 104 valence electrons. The number of hydrogen-bond acceptors (Lipinski definition) is 6. The van der Waals surface area contributed by atoms with Crippen LogP contribution in [0.25, 0.3) is 0 Å². The largest absolute Gasteiger partial charge is 0.445 e. The van der Waals surface area contributed by atoms with Crippen LogP contribution in [0.2, 0.25) is 0 Å². The van der Waals surface area contributed by atoms with E-state index in [1.54, 1.807) is 0 Å². The Kier molecular flexibility index (Phi) is 4.50. The van der Waals surface area contributed by atoms with Crippen LogP contribution in [0, 0.1) is 0 Å². The number of alkyl halides is 3. The van der Waals surface area contributed by atoms with E-state index in [1.165, 1.54) is 14.1 Å². The molecule has 1 aromatic heterocycles. The molecule has 0 unspecified atom stereocenters. The molecule has 0 aromatic carbocycles. The molecule has 1 N–H and O–H groups in total. The van der Waals surface area contributed by atoms with Crippen molar-refractivity contribution in [2.24, 2.45) is 0 Å². The quantitative estimate of drug-likeness (QED) is 0.873. The van der Waals surface area contributed by atoms with E-state index in [0.29, 0.717) is 11.3 Å². The van der Waals surface area contributed by atoms with Gasteiger partial charge in [0.1, 0.15) is 0 Å². The van der Waals surface area contributed by atoms with Gasteiger partial charge in [-0.3, -0.25) is 0 Å². The Bertz CT molecular complexity index is 497. The number of sulfonamides is 1. The third-order valence-corrected chi connectivity index (χ3v) is 4.62. The number of rotatable bonds is 5. The molecule has 6 nitrogen and oxygen atoms in total. The van der Waals surface area contributed by atoms with Crippen LogP contribution in [0.1, 0.15) is 5.01 Å². The highest BCUT2D eigenvalue weighted by atomic mass is 32.2. The van der Waals surface area contributed by atoms with Crippen LogP contribution in [-0.2, 0) is 16.2 Å². The summed E-state index contributed by atoms with van der Waals surface area (Å²) in [6, 6.07) is 0. The zero-order valence-corrected chi connectivity index (χ0v) is 11.2. The maximum atomic E-state index is 12.2. The lowest BCUT2D eigenvalue weighted by atomic mass is 10.7. The summed E-state index contributed by atoms with van der Waals surface area (Å²) in [7, 11) is -0.631. The van der Waals surface area contributed by atoms with Crippen molar-refractivity contribution in [2.45, 2.75) is 6.18 Å². The number of nitrogens with one attached hydrogen (secondary N) is 1. The topological polar surface area (TPSA) is 75.2 Å². The lowest BCUT2D eigenvalue weighted by molar-refractivity contribution is -0.138. The summed E-state index contributed by atoms with van der Waals surface area (Å²) >= 11 is 0.332. The van der Waals surface area contributed by atoms with Gasteiger partial charge < -0.3 is 5.32 Å². The van der Waals surface area contributed by atoms with E-state index in [0.717, 1.165) is 4.31 Å². The highest BCUT2D eigenvalue weighted by Crippen LogP contribution is 2.32. The molecule has 18 heavy (non-hydrogen) atoms. The van der Waals surface area contributed by atoms with Crippen molar-refractivity contribution in [3.8, 4) is 0 Å². The third-order valence-electron chi connectivity index (χ3n) is 1.86. The molecule has 1 rings (SSSR count). The molecule has 0 bridgehead atoms. The molecule has 0 saturated heterocycles. The average molecular weight is 304 g/mol. The van der Waals surface area contributed by atoms with E-state index in [-0.39, 0.29) is 17.4 Å². The van der Waals surface area contributed by atoms with Crippen molar-refractivity contribution in [3.05, 3.63) is 5.01 Å². The van der Waals surface area contributed by atoms with E-state index in [1.807, 2.05) is 0 Å². The minimum Gasteiger partial charge on any atom is -0.359 e. The van der Waals surface area contributed by atoms with Crippen LogP contribution in [0.4, 0.5) is 18.3 Å². The van der Waals surface area contributed by atoms with E-state index >= 15 is 0 Å². The Hall–Kier alpha value is -0.940. The third kappa shape index (κ3) is 4.07. The van der Waals surface area contributed by atoms with Gasteiger partial charge >= 0.3 is 6.18 Å². The van der Waals surface area contributed by atoms with Crippen molar-refractivity contribution in [1.82, 2.24) is 14.5 Å². The molecule has 0 aliphatic carbocycles. The van der Waals surface area contributed by atoms with Crippen LogP contribution >= 0.6 is 11.3 Å². The standard InChI is InChI=1S/C7H11F3N4O2S2/c1-14(2)18(15,16)4-3-11-6-13-12-5(17-6)7(8,9)10/h3-4H2,1-2H3,(H,11,13). The van der Waals surface area contributed by atoms with Gasteiger partial charge in [-0.15, -0.1) is 10.2 Å². The van der Waals surface area contributed by atoms with Crippen LogP contribution in [-0.4, -0.2) is 49.3 Å². The van der Waals surface area contributed by atoms with Crippen molar-refractivity contribution < 1.29 is 21.6 Å². The molecule has 0 fully saturated rings. The Morgan fingerprint density at radius 2 is 1.94 bits per heavy atom. The van der Waals surface area contributed by atoms with E-state index in [9.17, 15) is 21.6 Å². The Morgan fingerprint density at radius 1 is 1.33 bits per heavy atom. The Morgan fingerprint density at radius 3 is 2.39 bits per heavy atom. The van der Waals surface area contributed by atoms with Gasteiger partial charge in [-0.05, 0) is 0 Å². The zero-order valence-electron chi connectivity index (χ0n) is 9.52. The number of anilines is 1. The minimum absolute atomic E-state index is 0.0347. The molecule has 0 radical (unpaired) electrons. The SMILES string of the molecule is CN(C)S(=O)(=O)CCNc1nnc(C(F)(F)F)s1. The second kappa shape index (κ2) is 5.36. The predicted octanol–water partition coefficient (Wildman–Crippen LogP) is 0.860. The van der Waals surface area contributed by atoms with Gasteiger partial charge in [0, 0.05) is 20.6 Å². The summed E-state index contributed by atoms with van der Waals surface area (Å²) in [5.41, 5.74) is 0. The van der Waals surface area contributed by atoms with E-state index in [2.05, 4.69) is 15.5 Å². The van der Waals surface area contributed by atoms with Crippen LogP contribution in [0.15, 0.2) is 0 Å². The first-order valence-electron chi connectivity index (χ1n) is 4.67. The number of nitrogens with zero attached hydrogens (tertiary/aromatic N) is 3. The van der Waals surface area contributed by atoms with Crippen LogP contribution in [0.5, 0.6) is 0 Å². The van der Waals surface area contributed by atoms with E-state index < -0.39 is 21.2 Å². The number of halogens is 3. The zero-order chi connectivity index (χ0) is 14.0. The summed E-state index contributed by atoms with van der Waals surface area (Å²) in [5.74, 6) is -0.235. The molecule has 0 aliphatic heterocycles. The minimum atomic E-state index is -4.53. The predicted molar refractivity (Wildman–Crippen MR) is 60.9 cm³/mol. The molecular weight excluding hydrogens is 293 g/mol. The second-order valence-corrected chi connectivity index (χ2v) is 6.72. The summed E-state index contributed by atoms with van der Waals surface area (Å²) in [4.78, 5) is 0. The fraction of sp³-hybridized carbons (Fsp3) is 0.714. The van der Waals surface area contributed by atoms with Gasteiger partial charge in [0.25, 0.3) is 0 Å². The first-order chi connectivity index (χ1) is 8.13. The average Bonchev–Trinajstić information content (AvgIpc) is 2.65. The summed E-state index contributed by atoms with van der Waals surface area (Å²) < 4.78 is 60.3. The van der Waals surface area contributed by atoms with Crippen molar-refractivity contribution in [2.75, 3.05) is 31.7 Å². The smallest absolute Gasteiger partial charge is 0.359 e. The molecule has 0 spiro atoms. The molecule has 0 saturated carbocycles. The fourth-order valence-electron chi connectivity index (χ4n) is 0.879. The van der Waals surface area contributed by atoms with Crippen molar-refractivity contribution in [3.63, 3.8) is 0 Å². The van der Waals surface area contributed by atoms with Gasteiger partial charge in [-0.2, -0.15) is 13.2 Å². The van der Waals surface area contributed by atoms with Crippen molar-refractivity contribution in [1.29, 1.82) is 0 Å². The lowest BCUT2D eigenvalue weighted by Crippen LogP contribution is -2.28. The summed E-state index contributed by atoms with van der Waals surface area (Å²) in [6.45, 7) is -0.0347. The summed E-state index contributed by atoms with van der Waals surface area (Å²) in [5, 5.41) is 7.59. The molecule has 0 amide bonds.